The SMILES string of the molecule is CC[C@H](C)NC(=O)c1cc2cc(N(Cc3ccc(Cl)cc3)S(C)(=O)=O)ccc2s1. The molecular formula is C21H23ClN2O3S2. The first-order chi connectivity index (χ1) is 13.7. The Morgan fingerprint density at radius 3 is 2.48 bits per heavy atom. The molecule has 0 radical (unpaired) electrons. The van der Waals surface area contributed by atoms with Gasteiger partial charge in [0.2, 0.25) is 10.0 Å². The summed E-state index contributed by atoms with van der Waals surface area (Å²) in [5.41, 5.74) is 1.39. The van der Waals surface area contributed by atoms with Crippen LogP contribution in [-0.2, 0) is 16.6 Å². The Hall–Kier alpha value is -2.09. The molecule has 3 rings (SSSR count). The number of thiophene rings is 1. The maximum atomic E-state index is 12.4. The van der Waals surface area contributed by atoms with Gasteiger partial charge in [-0.15, -0.1) is 11.3 Å². The predicted molar refractivity (Wildman–Crippen MR) is 122 cm³/mol. The molecule has 1 heterocycles. The van der Waals surface area contributed by atoms with Crippen LogP contribution in [0.2, 0.25) is 5.02 Å². The van der Waals surface area contributed by atoms with Crippen LogP contribution in [0.1, 0.15) is 35.5 Å². The van der Waals surface area contributed by atoms with Crippen molar-refractivity contribution in [3.05, 3.63) is 64.0 Å². The third-order valence-corrected chi connectivity index (χ3v) is 7.15. The van der Waals surface area contributed by atoms with Gasteiger partial charge in [-0.1, -0.05) is 30.7 Å². The number of nitrogens with one attached hydrogen (secondary N) is 1. The molecule has 0 spiro atoms. The number of anilines is 1. The average molecular weight is 451 g/mol. The summed E-state index contributed by atoms with van der Waals surface area (Å²) in [5, 5.41) is 4.40. The van der Waals surface area contributed by atoms with Gasteiger partial charge in [0, 0.05) is 15.8 Å². The Balaban J connectivity index is 1.93. The molecule has 0 bridgehead atoms. The van der Waals surface area contributed by atoms with Crippen molar-refractivity contribution >= 4 is 54.6 Å². The van der Waals surface area contributed by atoms with E-state index in [2.05, 4.69) is 5.32 Å². The summed E-state index contributed by atoms with van der Waals surface area (Å²) in [6, 6.07) is 14.4. The lowest BCUT2D eigenvalue weighted by molar-refractivity contribution is 0.0943. The molecule has 0 saturated heterocycles. The lowest BCUT2D eigenvalue weighted by Crippen LogP contribution is -2.31. The van der Waals surface area contributed by atoms with E-state index in [0.717, 1.165) is 22.1 Å². The lowest BCUT2D eigenvalue weighted by Gasteiger charge is -2.22. The second-order valence-corrected chi connectivity index (χ2v) is 10.4. The number of amides is 1. The minimum Gasteiger partial charge on any atom is -0.349 e. The van der Waals surface area contributed by atoms with Gasteiger partial charge in [0.05, 0.1) is 23.4 Å². The van der Waals surface area contributed by atoms with Crippen LogP contribution in [0.5, 0.6) is 0 Å². The fourth-order valence-electron chi connectivity index (χ4n) is 2.85. The van der Waals surface area contributed by atoms with Gasteiger partial charge in [-0.05, 0) is 60.7 Å². The summed E-state index contributed by atoms with van der Waals surface area (Å²) in [6.45, 7) is 4.18. The van der Waals surface area contributed by atoms with E-state index in [1.165, 1.54) is 21.9 Å². The molecule has 0 saturated carbocycles. The van der Waals surface area contributed by atoms with Gasteiger partial charge in [0.25, 0.3) is 5.91 Å². The van der Waals surface area contributed by atoms with Gasteiger partial charge < -0.3 is 5.32 Å². The molecule has 1 atom stereocenters. The molecule has 0 aliphatic rings. The quantitative estimate of drug-likeness (QED) is 0.547. The maximum Gasteiger partial charge on any atom is 0.261 e. The molecule has 0 aliphatic carbocycles. The minimum atomic E-state index is -3.50. The number of nitrogens with zero attached hydrogens (tertiary/aromatic N) is 1. The number of halogens is 1. The summed E-state index contributed by atoms with van der Waals surface area (Å²) in [6.07, 6.45) is 2.04. The summed E-state index contributed by atoms with van der Waals surface area (Å²) >= 11 is 7.32. The average Bonchev–Trinajstić information content (AvgIpc) is 3.10. The Bertz CT molecular complexity index is 1120. The summed E-state index contributed by atoms with van der Waals surface area (Å²) < 4.78 is 27.2. The molecule has 5 nitrogen and oxygen atoms in total. The number of benzene rings is 2. The molecule has 0 fully saturated rings. The number of carbonyl (C=O) groups is 1. The number of carbonyl (C=O) groups excluding carboxylic acids is 1. The van der Waals surface area contributed by atoms with Crippen molar-refractivity contribution in [2.24, 2.45) is 0 Å². The molecule has 29 heavy (non-hydrogen) atoms. The van der Waals surface area contributed by atoms with Crippen molar-refractivity contribution in [2.45, 2.75) is 32.9 Å². The highest BCUT2D eigenvalue weighted by Crippen LogP contribution is 2.31. The van der Waals surface area contributed by atoms with Crippen LogP contribution in [0.3, 0.4) is 0 Å². The molecule has 3 aromatic rings. The van der Waals surface area contributed by atoms with E-state index >= 15 is 0 Å². The van der Waals surface area contributed by atoms with Crippen LogP contribution >= 0.6 is 22.9 Å². The van der Waals surface area contributed by atoms with Gasteiger partial charge >= 0.3 is 0 Å². The molecule has 1 amide bonds. The van der Waals surface area contributed by atoms with Crippen LogP contribution in [-0.4, -0.2) is 26.6 Å². The topological polar surface area (TPSA) is 66.5 Å². The monoisotopic (exact) mass is 450 g/mol. The molecule has 0 unspecified atom stereocenters. The zero-order chi connectivity index (χ0) is 21.2. The highest BCUT2D eigenvalue weighted by molar-refractivity contribution is 7.92. The highest BCUT2D eigenvalue weighted by Gasteiger charge is 2.19. The van der Waals surface area contributed by atoms with Crippen molar-refractivity contribution in [1.82, 2.24) is 5.32 Å². The fraction of sp³-hybridized carbons (Fsp3) is 0.286. The normalized spacial score (nSPS) is 12.7. The number of hydrogen-bond donors (Lipinski definition) is 1. The highest BCUT2D eigenvalue weighted by atomic mass is 35.5. The van der Waals surface area contributed by atoms with Gasteiger partial charge in [-0.25, -0.2) is 8.42 Å². The number of hydrogen-bond acceptors (Lipinski definition) is 4. The van der Waals surface area contributed by atoms with Crippen molar-refractivity contribution in [2.75, 3.05) is 10.6 Å². The zero-order valence-corrected chi connectivity index (χ0v) is 18.9. The number of sulfonamides is 1. The maximum absolute atomic E-state index is 12.4. The van der Waals surface area contributed by atoms with Crippen molar-refractivity contribution < 1.29 is 13.2 Å². The molecular weight excluding hydrogens is 428 g/mol. The van der Waals surface area contributed by atoms with E-state index in [-0.39, 0.29) is 18.5 Å². The van der Waals surface area contributed by atoms with Gasteiger partial charge in [-0.3, -0.25) is 9.10 Å². The molecule has 1 N–H and O–H groups in total. The van der Waals surface area contributed by atoms with Crippen molar-refractivity contribution in [3.63, 3.8) is 0 Å². The number of rotatable bonds is 7. The number of fused-ring (bicyclic) bond motifs is 1. The Labute approximate surface area is 180 Å². The fourth-order valence-corrected chi connectivity index (χ4v) is 4.80. The van der Waals surface area contributed by atoms with E-state index in [1.807, 2.05) is 32.0 Å². The van der Waals surface area contributed by atoms with Gasteiger partial charge in [-0.2, -0.15) is 0 Å². The van der Waals surface area contributed by atoms with Gasteiger partial charge in [0.15, 0.2) is 0 Å². The van der Waals surface area contributed by atoms with E-state index < -0.39 is 10.0 Å². The van der Waals surface area contributed by atoms with Crippen LogP contribution in [0.15, 0.2) is 48.5 Å². The van der Waals surface area contributed by atoms with Crippen molar-refractivity contribution in [1.29, 1.82) is 0 Å². The van der Waals surface area contributed by atoms with E-state index in [1.54, 1.807) is 30.3 Å². The Kier molecular flexibility index (Phi) is 6.51. The molecule has 1 aromatic heterocycles. The minimum absolute atomic E-state index is 0.100. The predicted octanol–water partition coefficient (Wildman–Crippen LogP) is 5.05. The first-order valence-electron chi connectivity index (χ1n) is 9.24. The Morgan fingerprint density at radius 1 is 1.17 bits per heavy atom. The standard InChI is InChI=1S/C21H23ClN2O3S2/c1-4-14(2)23-21(25)20-12-16-11-18(9-10-19(16)28-20)24(29(3,26)27)13-15-5-7-17(22)8-6-15/h5-12,14H,4,13H2,1-3H3,(H,23,25)/t14-/m0/s1. The van der Waals surface area contributed by atoms with E-state index in [9.17, 15) is 13.2 Å². The molecule has 0 aliphatic heterocycles. The van der Waals surface area contributed by atoms with Crippen LogP contribution in [0.25, 0.3) is 10.1 Å². The molecule has 8 heteroatoms. The smallest absolute Gasteiger partial charge is 0.261 e. The Morgan fingerprint density at radius 2 is 1.86 bits per heavy atom. The molecule has 154 valence electrons. The van der Waals surface area contributed by atoms with Crippen molar-refractivity contribution in [3.8, 4) is 0 Å². The first-order valence-corrected chi connectivity index (χ1v) is 12.3. The van der Waals surface area contributed by atoms with Gasteiger partial charge in [0.1, 0.15) is 0 Å². The zero-order valence-electron chi connectivity index (χ0n) is 16.5. The second-order valence-electron chi connectivity index (χ2n) is 7.01. The third-order valence-electron chi connectivity index (χ3n) is 4.64. The summed E-state index contributed by atoms with van der Waals surface area (Å²) in [7, 11) is -3.50. The van der Waals surface area contributed by atoms with Crippen LogP contribution < -0.4 is 9.62 Å². The first kappa shape index (κ1) is 21.6. The van der Waals surface area contributed by atoms with E-state index in [4.69, 9.17) is 11.6 Å². The summed E-state index contributed by atoms with van der Waals surface area (Å²) in [5.74, 6) is -0.108. The van der Waals surface area contributed by atoms with Crippen LogP contribution in [0, 0.1) is 0 Å². The molecule has 2 aromatic carbocycles. The second kappa shape index (κ2) is 8.73. The van der Waals surface area contributed by atoms with E-state index in [0.29, 0.717) is 15.6 Å². The third kappa shape index (κ3) is 5.29. The van der Waals surface area contributed by atoms with Crippen LogP contribution in [0.4, 0.5) is 5.69 Å². The lowest BCUT2D eigenvalue weighted by atomic mass is 10.2. The summed E-state index contributed by atoms with van der Waals surface area (Å²) in [4.78, 5) is 13.0. The largest absolute Gasteiger partial charge is 0.349 e.